The molecule has 0 spiro atoms. The van der Waals surface area contributed by atoms with E-state index in [1.54, 1.807) is 0 Å². The van der Waals surface area contributed by atoms with Crippen molar-refractivity contribution in [1.82, 2.24) is 4.90 Å². The highest BCUT2D eigenvalue weighted by Crippen LogP contribution is 2.29. The molecule has 1 aliphatic rings. The van der Waals surface area contributed by atoms with Crippen LogP contribution in [0.2, 0.25) is 0 Å². The molecule has 0 aliphatic carbocycles. The summed E-state index contributed by atoms with van der Waals surface area (Å²) >= 11 is 0. The molecule has 1 aliphatic heterocycles. The Kier molecular flexibility index (Phi) is 8.13. The van der Waals surface area contributed by atoms with E-state index in [1.807, 2.05) is 13.8 Å². The van der Waals surface area contributed by atoms with Gasteiger partial charge in [-0.1, -0.05) is 41.5 Å². The Bertz CT molecular complexity index is 134. The van der Waals surface area contributed by atoms with Crippen LogP contribution in [0.15, 0.2) is 0 Å². The van der Waals surface area contributed by atoms with Gasteiger partial charge in [0.25, 0.3) is 0 Å². The van der Waals surface area contributed by atoms with Crippen LogP contribution in [0.1, 0.15) is 54.4 Å². The van der Waals surface area contributed by atoms with Gasteiger partial charge in [-0.2, -0.15) is 0 Å². The van der Waals surface area contributed by atoms with Gasteiger partial charge in [0.05, 0.1) is 0 Å². The summed E-state index contributed by atoms with van der Waals surface area (Å²) < 4.78 is 0. The molecule has 1 nitrogen and oxygen atoms in total. The molecule has 0 radical (unpaired) electrons. The summed E-state index contributed by atoms with van der Waals surface area (Å²) in [7, 11) is 0. The van der Waals surface area contributed by atoms with Gasteiger partial charge in [0, 0.05) is 0 Å². The average Bonchev–Trinajstić information content (AvgIpc) is 2.31. The van der Waals surface area contributed by atoms with Crippen molar-refractivity contribution in [3.05, 3.63) is 0 Å². The third kappa shape index (κ3) is 5.01. The Labute approximate surface area is 97.2 Å². The van der Waals surface area contributed by atoms with Gasteiger partial charge < -0.3 is 4.90 Å². The van der Waals surface area contributed by atoms with Gasteiger partial charge in [0.2, 0.25) is 0 Å². The molecule has 92 valence electrons. The molecule has 1 fully saturated rings. The fraction of sp³-hybridized carbons (Fsp3) is 1.00. The minimum absolute atomic E-state index is 0.859. The first kappa shape index (κ1) is 15.0. The molecule has 15 heavy (non-hydrogen) atoms. The van der Waals surface area contributed by atoms with Crippen LogP contribution in [-0.4, -0.2) is 24.5 Å². The predicted molar refractivity (Wildman–Crippen MR) is 70.2 cm³/mol. The van der Waals surface area contributed by atoms with E-state index >= 15 is 0 Å². The highest BCUT2D eigenvalue weighted by molar-refractivity contribution is 4.76. The van der Waals surface area contributed by atoms with E-state index in [1.165, 1.54) is 32.5 Å². The molecule has 0 N–H and O–H groups in total. The number of nitrogens with zero attached hydrogens (tertiary/aromatic N) is 1. The topological polar surface area (TPSA) is 3.24 Å². The lowest BCUT2D eigenvalue weighted by Gasteiger charge is -2.35. The number of likely N-dealkylation sites (tertiary alicyclic amines) is 1. The van der Waals surface area contributed by atoms with Crippen LogP contribution in [0.25, 0.3) is 0 Å². The Balaban J connectivity index is 0.000000921. The van der Waals surface area contributed by atoms with Crippen LogP contribution >= 0.6 is 0 Å². The first-order valence-electron chi connectivity index (χ1n) is 6.87. The van der Waals surface area contributed by atoms with E-state index in [9.17, 15) is 0 Å². The molecule has 0 aromatic rings. The van der Waals surface area contributed by atoms with Crippen molar-refractivity contribution in [3.63, 3.8) is 0 Å². The van der Waals surface area contributed by atoms with Crippen LogP contribution in [0.5, 0.6) is 0 Å². The molecule has 0 saturated carbocycles. The minimum Gasteiger partial charge on any atom is -0.304 e. The standard InChI is InChI=1S/C12H25N.C2H6/c1-5-13-8-6-12(7-9-13)11(4)10(2)3;1-2/h10-12H,5-9H2,1-4H3;1-2H3. The Morgan fingerprint density at radius 2 is 1.53 bits per heavy atom. The molecule has 1 heteroatoms. The second kappa shape index (κ2) is 8.15. The second-order valence-electron chi connectivity index (χ2n) is 4.87. The van der Waals surface area contributed by atoms with Crippen molar-refractivity contribution < 1.29 is 0 Å². The number of rotatable bonds is 3. The van der Waals surface area contributed by atoms with Gasteiger partial charge in [0.15, 0.2) is 0 Å². The average molecular weight is 213 g/mol. The highest BCUT2D eigenvalue weighted by atomic mass is 15.1. The summed E-state index contributed by atoms with van der Waals surface area (Å²) in [5.41, 5.74) is 0. The molecule has 1 unspecified atom stereocenters. The zero-order chi connectivity index (χ0) is 11.8. The van der Waals surface area contributed by atoms with Gasteiger partial charge in [-0.3, -0.25) is 0 Å². The Hall–Kier alpha value is -0.0400. The summed E-state index contributed by atoms with van der Waals surface area (Å²) in [6.45, 7) is 17.3. The minimum atomic E-state index is 0.859. The quantitative estimate of drug-likeness (QED) is 0.684. The second-order valence-corrected chi connectivity index (χ2v) is 4.87. The van der Waals surface area contributed by atoms with Crippen molar-refractivity contribution >= 4 is 0 Å². The monoisotopic (exact) mass is 213 g/mol. The van der Waals surface area contributed by atoms with Gasteiger partial charge in [-0.05, 0) is 50.2 Å². The fourth-order valence-electron chi connectivity index (χ4n) is 2.34. The van der Waals surface area contributed by atoms with E-state index in [2.05, 4.69) is 32.6 Å². The lowest BCUT2D eigenvalue weighted by atomic mass is 9.79. The van der Waals surface area contributed by atoms with Crippen LogP contribution in [0.3, 0.4) is 0 Å². The van der Waals surface area contributed by atoms with E-state index in [0.29, 0.717) is 0 Å². The van der Waals surface area contributed by atoms with E-state index < -0.39 is 0 Å². The number of hydrogen-bond acceptors (Lipinski definition) is 1. The number of piperidine rings is 1. The third-order valence-corrected chi connectivity index (χ3v) is 3.87. The molecule has 1 rings (SSSR count). The fourth-order valence-corrected chi connectivity index (χ4v) is 2.34. The smallest absolute Gasteiger partial charge is 0.00161 e. The van der Waals surface area contributed by atoms with Gasteiger partial charge in [0.1, 0.15) is 0 Å². The summed E-state index contributed by atoms with van der Waals surface area (Å²) in [4.78, 5) is 2.57. The van der Waals surface area contributed by atoms with Gasteiger partial charge >= 0.3 is 0 Å². The molecular weight excluding hydrogens is 182 g/mol. The molecule has 1 heterocycles. The molecule has 0 aromatic carbocycles. The van der Waals surface area contributed by atoms with Crippen molar-refractivity contribution in [3.8, 4) is 0 Å². The largest absolute Gasteiger partial charge is 0.304 e. The van der Waals surface area contributed by atoms with Crippen LogP contribution < -0.4 is 0 Å². The van der Waals surface area contributed by atoms with E-state index in [0.717, 1.165) is 17.8 Å². The summed E-state index contributed by atoms with van der Waals surface area (Å²) in [5.74, 6) is 2.76. The maximum absolute atomic E-state index is 2.57. The van der Waals surface area contributed by atoms with Gasteiger partial charge in [-0.15, -0.1) is 0 Å². The van der Waals surface area contributed by atoms with Gasteiger partial charge in [-0.25, -0.2) is 0 Å². The molecule has 0 aromatic heterocycles. The zero-order valence-corrected chi connectivity index (χ0v) is 11.7. The van der Waals surface area contributed by atoms with E-state index in [-0.39, 0.29) is 0 Å². The van der Waals surface area contributed by atoms with Crippen molar-refractivity contribution in [2.75, 3.05) is 19.6 Å². The van der Waals surface area contributed by atoms with E-state index in [4.69, 9.17) is 0 Å². The lowest BCUT2D eigenvalue weighted by Crippen LogP contribution is -2.36. The van der Waals surface area contributed by atoms with Crippen molar-refractivity contribution in [2.45, 2.75) is 54.4 Å². The number of hydrogen-bond donors (Lipinski definition) is 0. The highest BCUT2D eigenvalue weighted by Gasteiger charge is 2.24. The summed E-state index contributed by atoms with van der Waals surface area (Å²) in [5, 5.41) is 0. The maximum atomic E-state index is 2.57. The normalized spacial score (nSPS) is 21.0. The Morgan fingerprint density at radius 3 is 1.87 bits per heavy atom. The molecule has 0 amide bonds. The van der Waals surface area contributed by atoms with Crippen LogP contribution in [0, 0.1) is 17.8 Å². The third-order valence-electron chi connectivity index (χ3n) is 3.87. The predicted octanol–water partition coefficient (Wildman–Crippen LogP) is 4.04. The van der Waals surface area contributed by atoms with Crippen molar-refractivity contribution in [2.24, 2.45) is 17.8 Å². The molecular formula is C14H31N. The SMILES string of the molecule is CC.CCN1CCC(C(C)C(C)C)CC1. The molecule has 1 saturated heterocycles. The van der Waals surface area contributed by atoms with Crippen LogP contribution in [-0.2, 0) is 0 Å². The molecule has 1 atom stereocenters. The lowest BCUT2D eigenvalue weighted by molar-refractivity contribution is 0.138. The van der Waals surface area contributed by atoms with Crippen LogP contribution in [0.4, 0.5) is 0 Å². The first-order valence-corrected chi connectivity index (χ1v) is 6.87. The maximum Gasteiger partial charge on any atom is -0.00161 e. The first-order chi connectivity index (χ1) is 7.15. The Morgan fingerprint density at radius 1 is 1.07 bits per heavy atom. The van der Waals surface area contributed by atoms with Crippen molar-refractivity contribution in [1.29, 1.82) is 0 Å². The summed E-state index contributed by atoms with van der Waals surface area (Å²) in [6, 6.07) is 0. The summed E-state index contributed by atoms with van der Waals surface area (Å²) in [6.07, 6.45) is 2.85. The zero-order valence-electron chi connectivity index (χ0n) is 11.7. The molecule has 0 bridgehead atoms.